The lowest BCUT2D eigenvalue weighted by Gasteiger charge is -2.40. The summed E-state index contributed by atoms with van der Waals surface area (Å²) in [6, 6.07) is 0. The number of carboxylic acid groups (broad SMARTS) is 1. The maximum Gasteiger partial charge on any atom is 0.335 e. The van der Waals surface area contributed by atoms with E-state index in [1.54, 1.807) is 0 Å². The first-order chi connectivity index (χ1) is 37.6. The lowest BCUT2D eigenvalue weighted by Crippen LogP contribution is -2.61. The molecule has 0 aliphatic carbocycles. The number of allylic oxidation sites excluding steroid dienone is 10. The number of carbonyl (C=O) groups is 4. The maximum atomic E-state index is 13.1. The van der Waals surface area contributed by atoms with Gasteiger partial charge < -0.3 is 39.0 Å². The highest BCUT2D eigenvalue weighted by molar-refractivity contribution is 5.74. The summed E-state index contributed by atoms with van der Waals surface area (Å²) >= 11 is 0. The third kappa shape index (κ3) is 43.0. The van der Waals surface area contributed by atoms with Crippen molar-refractivity contribution in [2.75, 3.05) is 13.2 Å². The highest BCUT2D eigenvalue weighted by Crippen LogP contribution is 2.26. The van der Waals surface area contributed by atoms with Gasteiger partial charge in [-0.2, -0.15) is 0 Å². The Morgan fingerprint density at radius 1 is 0.429 bits per heavy atom. The van der Waals surface area contributed by atoms with E-state index in [0.717, 1.165) is 135 Å². The van der Waals surface area contributed by atoms with Crippen LogP contribution in [-0.4, -0.2) is 89.2 Å². The molecule has 1 rings (SSSR count). The molecule has 444 valence electrons. The molecule has 0 amide bonds. The van der Waals surface area contributed by atoms with Gasteiger partial charge in [0.15, 0.2) is 24.6 Å². The van der Waals surface area contributed by atoms with Crippen molar-refractivity contribution in [1.29, 1.82) is 0 Å². The summed E-state index contributed by atoms with van der Waals surface area (Å²) in [4.78, 5) is 51.2. The van der Waals surface area contributed by atoms with Crippen LogP contribution < -0.4 is 0 Å². The Morgan fingerprint density at radius 3 is 1.26 bits per heavy atom. The summed E-state index contributed by atoms with van der Waals surface area (Å²) in [5.74, 6) is -3.14. The molecule has 77 heavy (non-hydrogen) atoms. The standard InChI is InChI=1S/C65H112O12/c1-4-7-10-13-16-19-22-25-27-29-31-34-36-39-42-45-48-51-57(66)73-54-56(75-58(67)52-49-46-43-40-37-33-24-21-18-15-12-9-6-3)55-74-65-63(61(70)60(69)62(77-65)64(71)72)76-59(68)53-50-47-44-41-38-35-32-30-28-26-23-20-17-14-11-8-5-2/h12,15,17,20-21,24-28,56,60-63,65,69-70H,4-11,13-14,16,18-19,22-23,29-55H2,1-3H3,(H,71,72)/b15-12-,20-17-,24-21-,27-25-,28-26-. The summed E-state index contributed by atoms with van der Waals surface area (Å²) in [7, 11) is 0. The molecule has 1 fully saturated rings. The summed E-state index contributed by atoms with van der Waals surface area (Å²) in [5, 5.41) is 31.5. The minimum absolute atomic E-state index is 0.0493. The second-order valence-corrected chi connectivity index (χ2v) is 21.3. The van der Waals surface area contributed by atoms with Crippen molar-refractivity contribution >= 4 is 23.9 Å². The Hall–Kier alpha value is -3.58. The van der Waals surface area contributed by atoms with E-state index in [1.807, 2.05) is 0 Å². The highest BCUT2D eigenvalue weighted by atomic mass is 16.7. The van der Waals surface area contributed by atoms with Gasteiger partial charge in [-0.15, -0.1) is 0 Å². The van der Waals surface area contributed by atoms with Crippen LogP contribution in [-0.2, 0) is 42.9 Å². The number of aliphatic hydroxyl groups is 2. The number of esters is 3. The van der Waals surface area contributed by atoms with Crippen LogP contribution in [0.1, 0.15) is 278 Å². The molecule has 12 heteroatoms. The zero-order valence-corrected chi connectivity index (χ0v) is 49.0. The van der Waals surface area contributed by atoms with Crippen LogP contribution in [0.3, 0.4) is 0 Å². The minimum Gasteiger partial charge on any atom is -0.479 e. The first kappa shape index (κ1) is 71.4. The molecule has 1 aliphatic rings. The van der Waals surface area contributed by atoms with E-state index in [-0.39, 0.29) is 25.9 Å². The number of hydrogen-bond acceptors (Lipinski definition) is 11. The molecule has 6 unspecified atom stereocenters. The number of aliphatic hydroxyl groups excluding tert-OH is 2. The molecule has 0 aromatic heterocycles. The second kappa shape index (κ2) is 53.1. The zero-order chi connectivity index (χ0) is 56.1. The van der Waals surface area contributed by atoms with E-state index in [1.165, 1.54) is 83.5 Å². The summed E-state index contributed by atoms with van der Waals surface area (Å²) in [5.41, 5.74) is 0. The molecule has 12 nitrogen and oxygen atoms in total. The van der Waals surface area contributed by atoms with Crippen LogP contribution in [0, 0.1) is 0 Å². The van der Waals surface area contributed by atoms with E-state index in [0.29, 0.717) is 19.3 Å². The predicted octanol–water partition coefficient (Wildman–Crippen LogP) is 16.3. The fourth-order valence-corrected chi connectivity index (χ4v) is 9.20. The van der Waals surface area contributed by atoms with Gasteiger partial charge in [0.25, 0.3) is 0 Å². The molecule has 6 atom stereocenters. The van der Waals surface area contributed by atoms with Crippen LogP contribution in [0.25, 0.3) is 0 Å². The van der Waals surface area contributed by atoms with Gasteiger partial charge in [0.1, 0.15) is 18.8 Å². The molecule has 0 aromatic carbocycles. The van der Waals surface area contributed by atoms with E-state index in [9.17, 15) is 34.5 Å². The molecule has 1 aliphatic heterocycles. The Morgan fingerprint density at radius 2 is 0.805 bits per heavy atom. The Kier molecular flexibility index (Phi) is 49.2. The number of rotatable bonds is 53. The van der Waals surface area contributed by atoms with Crippen molar-refractivity contribution in [3.05, 3.63) is 60.8 Å². The van der Waals surface area contributed by atoms with E-state index < -0.39 is 67.3 Å². The summed E-state index contributed by atoms with van der Waals surface area (Å²) < 4.78 is 28.5. The molecular weight excluding hydrogens is 973 g/mol. The normalized spacial score (nSPS) is 18.4. The Balaban J connectivity index is 2.67. The quantitative estimate of drug-likeness (QED) is 0.0228. The van der Waals surface area contributed by atoms with Crippen LogP contribution in [0.5, 0.6) is 0 Å². The third-order valence-corrected chi connectivity index (χ3v) is 14.0. The van der Waals surface area contributed by atoms with E-state index in [4.69, 9.17) is 23.7 Å². The molecular formula is C65H112O12. The maximum absolute atomic E-state index is 13.1. The molecule has 0 bridgehead atoms. The van der Waals surface area contributed by atoms with Crippen molar-refractivity contribution in [3.8, 4) is 0 Å². The first-order valence-electron chi connectivity index (χ1n) is 31.3. The van der Waals surface area contributed by atoms with Gasteiger partial charge in [0.2, 0.25) is 0 Å². The topological polar surface area (TPSA) is 175 Å². The number of unbranched alkanes of at least 4 members (excludes halogenated alkanes) is 29. The lowest BCUT2D eigenvalue weighted by atomic mass is 9.98. The first-order valence-corrected chi connectivity index (χ1v) is 31.3. The van der Waals surface area contributed by atoms with Crippen molar-refractivity contribution in [1.82, 2.24) is 0 Å². The van der Waals surface area contributed by atoms with Crippen molar-refractivity contribution in [3.63, 3.8) is 0 Å². The van der Waals surface area contributed by atoms with Crippen LogP contribution >= 0.6 is 0 Å². The van der Waals surface area contributed by atoms with Gasteiger partial charge in [0, 0.05) is 19.3 Å². The van der Waals surface area contributed by atoms with Gasteiger partial charge in [0.05, 0.1) is 6.61 Å². The Bertz CT molecular complexity index is 1570. The fraction of sp³-hybridized carbons (Fsp3) is 0.785. The number of ether oxygens (including phenoxy) is 5. The van der Waals surface area contributed by atoms with Crippen LogP contribution in [0.4, 0.5) is 0 Å². The fourth-order valence-electron chi connectivity index (χ4n) is 9.20. The predicted molar refractivity (Wildman–Crippen MR) is 312 cm³/mol. The second-order valence-electron chi connectivity index (χ2n) is 21.3. The Labute approximate surface area is 468 Å². The number of carboxylic acids is 1. The van der Waals surface area contributed by atoms with Gasteiger partial charge in [-0.3, -0.25) is 14.4 Å². The third-order valence-electron chi connectivity index (χ3n) is 14.0. The molecule has 0 saturated carbocycles. The monoisotopic (exact) mass is 1080 g/mol. The molecule has 1 heterocycles. The van der Waals surface area contributed by atoms with Crippen molar-refractivity contribution in [2.45, 2.75) is 314 Å². The largest absolute Gasteiger partial charge is 0.479 e. The number of aliphatic carboxylic acids is 1. The highest BCUT2D eigenvalue weighted by Gasteiger charge is 2.50. The molecule has 0 spiro atoms. The average Bonchev–Trinajstić information content (AvgIpc) is 3.42. The lowest BCUT2D eigenvalue weighted by molar-refractivity contribution is -0.301. The molecule has 0 radical (unpaired) electrons. The molecule has 3 N–H and O–H groups in total. The van der Waals surface area contributed by atoms with Gasteiger partial charge >= 0.3 is 23.9 Å². The van der Waals surface area contributed by atoms with Crippen molar-refractivity contribution in [2.24, 2.45) is 0 Å². The summed E-state index contributed by atoms with van der Waals surface area (Å²) in [6.45, 7) is 5.90. The molecule has 0 aromatic rings. The molecule has 1 saturated heterocycles. The van der Waals surface area contributed by atoms with Crippen LogP contribution in [0.2, 0.25) is 0 Å². The zero-order valence-electron chi connectivity index (χ0n) is 49.0. The number of hydrogen-bond donors (Lipinski definition) is 3. The van der Waals surface area contributed by atoms with E-state index in [2.05, 4.69) is 81.5 Å². The smallest absolute Gasteiger partial charge is 0.335 e. The SMILES string of the molecule is CCC/C=C\C/C=C\CCCCCCCC(=O)OC(COC(=O)CCCCCCCCC/C=C\CCCCCCCC)COC1OC(C(=O)O)C(O)C(O)C1OC(=O)CCCCCCCCC/C=C\C/C=C\CCCCC. The summed E-state index contributed by atoms with van der Waals surface area (Å²) in [6.07, 6.45) is 53.2. The average molecular weight is 1090 g/mol. The van der Waals surface area contributed by atoms with Gasteiger partial charge in [-0.25, -0.2) is 4.79 Å². The van der Waals surface area contributed by atoms with Gasteiger partial charge in [-0.05, 0) is 103 Å². The minimum atomic E-state index is -1.91. The van der Waals surface area contributed by atoms with Gasteiger partial charge in [-0.1, -0.05) is 216 Å². The van der Waals surface area contributed by atoms with Crippen LogP contribution in [0.15, 0.2) is 60.8 Å². The number of carbonyl (C=O) groups excluding carboxylic acids is 3. The van der Waals surface area contributed by atoms with Crippen molar-refractivity contribution < 1.29 is 58.2 Å². The van der Waals surface area contributed by atoms with E-state index >= 15 is 0 Å².